The molecule has 8 heteroatoms. The third-order valence-corrected chi connectivity index (χ3v) is 6.12. The van der Waals surface area contributed by atoms with Crippen LogP contribution >= 0.6 is 0 Å². The first-order chi connectivity index (χ1) is 13.9. The number of nitriles is 1. The summed E-state index contributed by atoms with van der Waals surface area (Å²) in [7, 11) is -0.213. The summed E-state index contributed by atoms with van der Waals surface area (Å²) in [6.07, 6.45) is 0. The number of aryl methyl sites for hydroxylation is 1. The minimum atomic E-state index is -3.35. The highest BCUT2D eigenvalue weighted by Gasteiger charge is 2.21. The van der Waals surface area contributed by atoms with Gasteiger partial charge >= 0.3 is 0 Å². The Balaban J connectivity index is 2.20. The monoisotopic (exact) mass is 413 g/mol. The third-order valence-electron chi connectivity index (χ3n) is 4.81. The quantitative estimate of drug-likeness (QED) is 0.632. The zero-order chi connectivity index (χ0) is 21.2. The Kier molecular flexibility index (Phi) is 5.71. The molecular formula is C21H23N3O4S. The highest BCUT2D eigenvalue weighted by Crippen LogP contribution is 2.39. The zero-order valence-corrected chi connectivity index (χ0v) is 17.6. The van der Waals surface area contributed by atoms with E-state index in [2.05, 4.69) is 10.8 Å². The van der Waals surface area contributed by atoms with Crippen LogP contribution in [0.15, 0.2) is 36.4 Å². The van der Waals surface area contributed by atoms with Crippen LogP contribution < -0.4 is 14.2 Å². The van der Waals surface area contributed by atoms with E-state index in [1.807, 2.05) is 35.8 Å². The normalized spacial score (nSPS) is 11.3. The molecule has 0 unspecified atom stereocenters. The maximum absolute atomic E-state index is 11.8. The van der Waals surface area contributed by atoms with Gasteiger partial charge in [0, 0.05) is 23.7 Å². The lowest BCUT2D eigenvalue weighted by atomic mass is 10.1. The number of hydrogen-bond acceptors (Lipinski definition) is 5. The lowest BCUT2D eigenvalue weighted by molar-refractivity contribution is 0.355. The van der Waals surface area contributed by atoms with Crippen LogP contribution in [0.4, 0.5) is 5.69 Å². The van der Waals surface area contributed by atoms with Gasteiger partial charge < -0.3 is 14.0 Å². The molecule has 3 aromatic rings. The molecule has 1 N–H and O–H groups in total. The summed E-state index contributed by atoms with van der Waals surface area (Å²) in [5.74, 6) is 1.15. The number of benzene rings is 2. The van der Waals surface area contributed by atoms with Crippen molar-refractivity contribution in [2.75, 3.05) is 24.7 Å². The van der Waals surface area contributed by atoms with Gasteiger partial charge in [-0.15, -0.1) is 0 Å². The van der Waals surface area contributed by atoms with Gasteiger partial charge in [-0.2, -0.15) is 5.26 Å². The minimum absolute atomic E-state index is 0.00106. The predicted octanol–water partition coefficient (Wildman–Crippen LogP) is 3.98. The van der Waals surface area contributed by atoms with Crippen molar-refractivity contribution in [2.24, 2.45) is 0 Å². The molecule has 29 heavy (non-hydrogen) atoms. The van der Waals surface area contributed by atoms with Gasteiger partial charge in [-0.05, 0) is 37.6 Å². The van der Waals surface area contributed by atoms with Crippen molar-refractivity contribution >= 4 is 26.6 Å². The van der Waals surface area contributed by atoms with Crippen LogP contribution in [0.2, 0.25) is 0 Å². The first kappa shape index (κ1) is 20.6. The number of anilines is 1. The summed E-state index contributed by atoms with van der Waals surface area (Å²) in [6.45, 7) is 4.23. The number of fused-ring (bicyclic) bond motifs is 1. The van der Waals surface area contributed by atoms with Crippen molar-refractivity contribution in [3.8, 4) is 28.8 Å². The van der Waals surface area contributed by atoms with E-state index in [0.29, 0.717) is 29.3 Å². The topological polar surface area (TPSA) is 93.4 Å². The average molecular weight is 413 g/mol. The van der Waals surface area contributed by atoms with E-state index in [1.54, 1.807) is 33.3 Å². The zero-order valence-electron chi connectivity index (χ0n) is 16.8. The van der Waals surface area contributed by atoms with Crippen LogP contribution in [0.25, 0.3) is 22.2 Å². The average Bonchev–Trinajstić information content (AvgIpc) is 3.05. The van der Waals surface area contributed by atoms with Crippen LogP contribution in [0.3, 0.4) is 0 Å². The summed E-state index contributed by atoms with van der Waals surface area (Å²) in [5.41, 5.74) is 3.47. The molecule has 7 nitrogen and oxygen atoms in total. The SMILES string of the molecule is CCn1c(-c2ccc(NS(=O)(=O)CC)cc2)c(C#N)c2cc(OC)c(OC)cc21. The molecule has 152 valence electrons. The summed E-state index contributed by atoms with van der Waals surface area (Å²) >= 11 is 0. The van der Waals surface area contributed by atoms with Gasteiger partial charge in [0.25, 0.3) is 0 Å². The van der Waals surface area contributed by atoms with Crippen molar-refractivity contribution in [3.63, 3.8) is 0 Å². The van der Waals surface area contributed by atoms with Gasteiger partial charge in [0.1, 0.15) is 6.07 Å². The fourth-order valence-electron chi connectivity index (χ4n) is 3.36. The first-order valence-electron chi connectivity index (χ1n) is 9.18. The van der Waals surface area contributed by atoms with Crippen molar-refractivity contribution < 1.29 is 17.9 Å². The molecule has 0 aliphatic rings. The van der Waals surface area contributed by atoms with Gasteiger partial charge in [-0.1, -0.05) is 12.1 Å². The molecule has 0 aliphatic carbocycles. The largest absolute Gasteiger partial charge is 0.493 e. The Morgan fingerprint density at radius 3 is 2.21 bits per heavy atom. The van der Waals surface area contributed by atoms with E-state index in [9.17, 15) is 13.7 Å². The van der Waals surface area contributed by atoms with E-state index in [-0.39, 0.29) is 5.75 Å². The Bertz CT molecular complexity index is 1190. The van der Waals surface area contributed by atoms with Crippen molar-refractivity contribution in [3.05, 3.63) is 42.0 Å². The Hall–Kier alpha value is -3.18. The summed E-state index contributed by atoms with van der Waals surface area (Å²) in [4.78, 5) is 0. The first-order valence-corrected chi connectivity index (χ1v) is 10.8. The van der Waals surface area contributed by atoms with E-state index in [4.69, 9.17) is 9.47 Å². The van der Waals surface area contributed by atoms with Crippen molar-refractivity contribution in [1.29, 1.82) is 5.26 Å². The highest BCUT2D eigenvalue weighted by atomic mass is 32.2. The second kappa shape index (κ2) is 8.05. The molecule has 3 rings (SSSR count). The van der Waals surface area contributed by atoms with Crippen LogP contribution in [-0.2, 0) is 16.6 Å². The maximum Gasteiger partial charge on any atom is 0.232 e. The van der Waals surface area contributed by atoms with Gasteiger partial charge in [0.2, 0.25) is 10.0 Å². The lowest BCUT2D eigenvalue weighted by Crippen LogP contribution is -2.14. The number of methoxy groups -OCH3 is 2. The molecule has 0 saturated heterocycles. The fraction of sp³-hybridized carbons (Fsp3) is 0.286. The third kappa shape index (κ3) is 3.74. The number of sulfonamides is 1. The van der Waals surface area contributed by atoms with E-state index in [1.165, 1.54) is 0 Å². The van der Waals surface area contributed by atoms with Crippen molar-refractivity contribution in [1.82, 2.24) is 4.57 Å². The molecule has 0 spiro atoms. The van der Waals surface area contributed by atoms with E-state index < -0.39 is 10.0 Å². The molecule has 0 bridgehead atoms. The second-order valence-corrected chi connectivity index (χ2v) is 8.40. The molecule has 0 saturated carbocycles. The molecule has 0 atom stereocenters. The van der Waals surface area contributed by atoms with Gasteiger partial charge in [0.05, 0.1) is 36.7 Å². The number of rotatable bonds is 7. The van der Waals surface area contributed by atoms with E-state index in [0.717, 1.165) is 22.2 Å². The van der Waals surface area contributed by atoms with Crippen LogP contribution in [0.1, 0.15) is 19.4 Å². The fourth-order valence-corrected chi connectivity index (χ4v) is 4.00. The van der Waals surface area contributed by atoms with Gasteiger partial charge in [0.15, 0.2) is 11.5 Å². The molecule has 1 aromatic heterocycles. The standard InChI is InChI=1S/C21H23N3O4S/c1-5-24-18-12-20(28-4)19(27-3)11-16(18)17(13-22)21(24)14-7-9-15(10-8-14)23-29(25,26)6-2/h7-12,23H,5-6H2,1-4H3. The Morgan fingerprint density at radius 2 is 1.69 bits per heavy atom. The number of nitrogens with one attached hydrogen (secondary N) is 1. The highest BCUT2D eigenvalue weighted by molar-refractivity contribution is 7.92. The smallest absolute Gasteiger partial charge is 0.232 e. The van der Waals surface area contributed by atoms with E-state index >= 15 is 0 Å². The maximum atomic E-state index is 11.8. The van der Waals surface area contributed by atoms with Crippen LogP contribution in [0.5, 0.6) is 11.5 Å². The van der Waals surface area contributed by atoms with Gasteiger partial charge in [-0.25, -0.2) is 8.42 Å². The summed E-state index contributed by atoms with van der Waals surface area (Å²) < 4.78 is 38.9. The molecule has 0 amide bonds. The molecule has 0 aliphatic heterocycles. The molecular weight excluding hydrogens is 390 g/mol. The predicted molar refractivity (Wildman–Crippen MR) is 114 cm³/mol. The van der Waals surface area contributed by atoms with Crippen LogP contribution in [-0.4, -0.2) is 33.0 Å². The minimum Gasteiger partial charge on any atom is -0.493 e. The summed E-state index contributed by atoms with van der Waals surface area (Å²) in [5, 5.41) is 10.7. The lowest BCUT2D eigenvalue weighted by Gasteiger charge is -2.11. The van der Waals surface area contributed by atoms with Crippen LogP contribution in [0, 0.1) is 11.3 Å². The van der Waals surface area contributed by atoms with Crippen molar-refractivity contribution in [2.45, 2.75) is 20.4 Å². The second-order valence-electron chi connectivity index (χ2n) is 6.39. The Labute approximate surface area is 170 Å². The number of nitrogens with zero attached hydrogens (tertiary/aromatic N) is 2. The van der Waals surface area contributed by atoms with Gasteiger partial charge in [-0.3, -0.25) is 4.72 Å². The Morgan fingerprint density at radius 1 is 1.07 bits per heavy atom. The molecule has 1 heterocycles. The summed E-state index contributed by atoms with van der Waals surface area (Å²) in [6, 6.07) is 13.0. The molecule has 2 aromatic carbocycles. The number of hydrogen-bond donors (Lipinski definition) is 1. The number of ether oxygens (including phenoxy) is 2. The molecule has 0 radical (unpaired) electrons. The number of aromatic nitrogens is 1. The molecule has 0 fully saturated rings.